The highest BCUT2D eigenvalue weighted by Crippen LogP contribution is 2.30. The molecule has 0 unspecified atom stereocenters. The number of ether oxygens (including phenoxy) is 2. The Morgan fingerprint density at radius 2 is 1.96 bits per heavy atom. The van der Waals surface area contributed by atoms with Gasteiger partial charge in [0.05, 0.1) is 13.2 Å². The number of benzene rings is 1. The first-order valence-corrected chi connectivity index (χ1v) is 7.49. The van der Waals surface area contributed by atoms with E-state index in [1.54, 1.807) is 19.3 Å². The van der Waals surface area contributed by atoms with Crippen LogP contribution in [0, 0.1) is 0 Å². The average molecular weight is 315 g/mol. The normalized spacial score (nSPS) is 10.2. The Balaban J connectivity index is 1.96. The molecule has 0 aliphatic carbocycles. The molecule has 0 atom stereocenters. The molecule has 0 aliphatic heterocycles. The molecule has 2 N–H and O–H groups in total. The van der Waals surface area contributed by atoms with Crippen LogP contribution >= 0.6 is 0 Å². The van der Waals surface area contributed by atoms with Crippen LogP contribution in [0.25, 0.3) is 0 Å². The SMILES string of the molecule is CCOc1ccccc1Oc1ccc(CNC(=O)CNC)cn1. The molecule has 0 saturated heterocycles. The first-order valence-electron chi connectivity index (χ1n) is 7.49. The standard InChI is InChI=1S/C17H21N3O3/c1-3-22-14-6-4-5-7-15(14)23-17-9-8-13(11-20-17)10-19-16(21)12-18-2/h4-9,11,18H,3,10,12H2,1-2H3,(H,19,21). The summed E-state index contributed by atoms with van der Waals surface area (Å²) >= 11 is 0. The van der Waals surface area contributed by atoms with Crippen molar-refractivity contribution in [1.82, 2.24) is 15.6 Å². The second-order valence-corrected chi connectivity index (χ2v) is 4.79. The highest BCUT2D eigenvalue weighted by atomic mass is 16.5. The van der Waals surface area contributed by atoms with Gasteiger partial charge in [-0.2, -0.15) is 0 Å². The lowest BCUT2D eigenvalue weighted by Crippen LogP contribution is -2.31. The van der Waals surface area contributed by atoms with Crippen molar-refractivity contribution in [1.29, 1.82) is 0 Å². The van der Waals surface area contributed by atoms with Gasteiger partial charge >= 0.3 is 0 Å². The first kappa shape index (κ1) is 16.8. The van der Waals surface area contributed by atoms with Gasteiger partial charge in [-0.1, -0.05) is 18.2 Å². The minimum absolute atomic E-state index is 0.0570. The lowest BCUT2D eigenvalue weighted by Gasteiger charge is -2.11. The third-order valence-electron chi connectivity index (χ3n) is 2.99. The lowest BCUT2D eigenvalue weighted by molar-refractivity contribution is -0.120. The second-order valence-electron chi connectivity index (χ2n) is 4.79. The number of carbonyl (C=O) groups excluding carboxylic acids is 1. The molecule has 0 bridgehead atoms. The number of aromatic nitrogens is 1. The molecule has 1 aromatic heterocycles. The third-order valence-corrected chi connectivity index (χ3v) is 2.99. The summed E-state index contributed by atoms with van der Waals surface area (Å²) in [7, 11) is 1.73. The van der Waals surface area contributed by atoms with Gasteiger partial charge < -0.3 is 20.1 Å². The Bertz CT molecular complexity index is 629. The van der Waals surface area contributed by atoms with E-state index in [4.69, 9.17) is 9.47 Å². The van der Waals surface area contributed by atoms with Crippen LogP contribution in [-0.4, -0.2) is 31.1 Å². The number of hydrogen-bond acceptors (Lipinski definition) is 5. The predicted octanol–water partition coefficient (Wildman–Crippen LogP) is 2.11. The van der Waals surface area contributed by atoms with Crippen molar-refractivity contribution in [3.05, 3.63) is 48.2 Å². The third kappa shape index (κ3) is 5.27. The summed E-state index contributed by atoms with van der Waals surface area (Å²) in [5.41, 5.74) is 0.903. The zero-order valence-corrected chi connectivity index (χ0v) is 13.3. The maximum absolute atomic E-state index is 11.4. The summed E-state index contributed by atoms with van der Waals surface area (Å²) in [6.07, 6.45) is 1.68. The smallest absolute Gasteiger partial charge is 0.234 e. The van der Waals surface area contributed by atoms with E-state index < -0.39 is 0 Å². The fourth-order valence-electron chi connectivity index (χ4n) is 1.92. The van der Waals surface area contributed by atoms with Crippen molar-refractivity contribution in [3.8, 4) is 17.4 Å². The molecule has 122 valence electrons. The van der Waals surface area contributed by atoms with Gasteiger partial charge in [0.25, 0.3) is 0 Å². The van der Waals surface area contributed by atoms with Gasteiger partial charge in [0.15, 0.2) is 11.5 Å². The Morgan fingerprint density at radius 1 is 1.17 bits per heavy atom. The van der Waals surface area contributed by atoms with Crippen LogP contribution in [0.5, 0.6) is 17.4 Å². The maximum Gasteiger partial charge on any atom is 0.234 e. The molecule has 0 fully saturated rings. The van der Waals surface area contributed by atoms with Crippen LogP contribution in [0.2, 0.25) is 0 Å². The minimum atomic E-state index is -0.0570. The van der Waals surface area contributed by atoms with Crippen molar-refractivity contribution in [2.75, 3.05) is 20.2 Å². The van der Waals surface area contributed by atoms with Crippen molar-refractivity contribution in [2.24, 2.45) is 0 Å². The quantitative estimate of drug-likeness (QED) is 0.780. The minimum Gasteiger partial charge on any atom is -0.490 e. The van der Waals surface area contributed by atoms with Gasteiger partial charge in [-0.3, -0.25) is 4.79 Å². The van der Waals surface area contributed by atoms with Crippen LogP contribution in [0.4, 0.5) is 0 Å². The largest absolute Gasteiger partial charge is 0.490 e. The Kier molecular flexibility index (Phi) is 6.38. The Morgan fingerprint density at radius 3 is 2.61 bits per heavy atom. The Hall–Kier alpha value is -2.60. The molecule has 2 aromatic rings. The van der Waals surface area contributed by atoms with Gasteiger partial charge in [0.2, 0.25) is 11.8 Å². The van der Waals surface area contributed by atoms with Gasteiger partial charge in [0, 0.05) is 18.8 Å². The molecule has 0 saturated carbocycles. The van der Waals surface area contributed by atoms with Crippen LogP contribution in [0.3, 0.4) is 0 Å². The molecule has 2 rings (SSSR count). The number of nitrogens with zero attached hydrogens (tertiary/aromatic N) is 1. The van der Waals surface area contributed by atoms with E-state index in [1.807, 2.05) is 37.3 Å². The molecule has 1 aromatic carbocycles. The summed E-state index contributed by atoms with van der Waals surface area (Å²) in [6, 6.07) is 11.1. The van der Waals surface area contributed by atoms with Crippen molar-refractivity contribution in [2.45, 2.75) is 13.5 Å². The molecular weight excluding hydrogens is 294 g/mol. The topological polar surface area (TPSA) is 72.5 Å². The number of amides is 1. The molecule has 1 amide bonds. The lowest BCUT2D eigenvalue weighted by atomic mass is 10.3. The number of likely N-dealkylation sites (N-methyl/N-ethyl adjacent to an activating group) is 1. The molecule has 0 aliphatic rings. The predicted molar refractivity (Wildman–Crippen MR) is 87.7 cm³/mol. The molecule has 0 spiro atoms. The number of nitrogens with one attached hydrogen (secondary N) is 2. The van der Waals surface area contributed by atoms with Crippen LogP contribution in [0.15, 0.2) is 42.6 Å². The number of rotatable bonds is 8. The van der Waals surface area contributed by atoms with Crippen molar-refractivity contribution in [3.63, 3.8) is 0 Å². The number of pyridine rings is 1. The van der Waals surface area contributed by atoms with E-state index in [-0.39, 0.29) is 5.91 Å². The van der Waals surface area contributed by atoms with E-state index in [0.29, 0.717) is 37.1 Å². The maximum atomic E-state index is 11.4. The van der Waals surface area contributed by atoms with E-state index in [1.165, 1.54) is 0 Å². The molecule has 6 heteroatoms. The molecular formula is C17H21N3O3. The molecule has 23 heavy (non-hydrogen) atoms. The van der Waals surface area contributed by atoms with Crippen molar-refractivity contribution >= 4 is 5.91 Å². The fourth-order valence-corrected chi connectivity index (χ4v) is 1.92. The van der Waals surface area contributed by atoms with E-state index in [0.717, 1.165) is 5.56 Å². The van der Waals surface area contributed by atoms with Crippen molar-refractivity contribution < 1.29 is 14.3 Å². The fraction of sp³-hybridized carbons (Fsp3) is 0.294. The monoisotopic (exact) mass is 315 g/mol. The highest BCUT2D eigenvalue weighted by molar-refractivity contribution is 5.77. The first-order chi connectivity index (χ1) is 11.2. The van der Waals surface area contributed by atoms with Gasteiger partial charge in [-0.15, -0.1) is 0 Å². The average Bonchev–Trinajstić information content (AvgIpc) is 2.56. The molecule has 0 radical (unpaired) electrons. The summed E-state index contributed by atoms with van der Waals surface area (Å²) in [5, 5.41) is 5.59. The number of hydrogen-bond donors (Lipinski definition) is 2. The summed E-state index contributed by atoms with van der Waals surface area (Å²) in [4.78, 5) is 15.6. The summed E-state index contributed by atoms with van der Waals surface area (Å²) in [6.45, 7) is 3.22. The summed E-state index contributed by atoms with van der Waals surface area (Å²) < 4.78 is 11.3. The van der Waals surface area contributed by atoms with E-state index in [9.17, 15) is 4.79 Å². The van der Waals surface area contributed by atoms with Crippen LogP contribution in [-0.2, 0) is 11.3 Å². The van der Waals surface area contributed by atoms with E-state index in [2.05, 4.69) is 15.6 Å². The Labute approximate surface area is 135 Å². The highest BCUT2D eigenvalue weighted by Gasteiger charge is 2.06. The summed E-state index contributed by atoms with van der Waals surface area (Å²) in [5.74, 6) is 1.72. The van der Waals surface area contributed by atoms with Gasteiger partial charge in [-0.05, 0) is 31.7 Å². The zero-order chi connectivity index (χ0) is 16.5. The second kappa shape index (κ2) is 8.75. The number of para-hydroxylation sites is 2. The van der Waals surface area contributed by atoms with E-state index >= 15 is 0 Å². The number of carbonyl (C=O) groups is 1. The van der Waals surface area contributed by atoms with Gasteiger partial charge in [0.1, 0.15) is 0 Å². The van der Waals surface area contributed by atoms with Crippen LogP contribution < -0.4 is 20.1 Å². The van der Waals surface area contributed by atoms with Crippen LogP contribution in [0.1, 0.15) is 12.5 Å². The zero-order valence-electron chi connectivity index (χ0n) is 13.3. The molecule has 6 nitrogen and oxygen atoms in total. The van der Waals surface area contributed by atoms with Gasteiger partial charge in [-0.25, -0.2) is 4.98 Å². The molecule has 1 heterocycles.